The lowest BCUT2D eigenvalue weighted by Gasteiger charge is -2.26. The van der Waals surface area contributed by atoms with Crippen LogP contribution in [0.15, 0.2) is 61.1 Å². The van der Waals surface area contributed by atoms with Crippen molar-refractivity contribution >= 4 is 28.4 Å². The number of fused-ring (bicyclic) bond motifs is 1. The molecule has 0 spiro atoms. The maximum absolute atomic E-state index is 5.97. The molecule has 0 atom stereocenters. The SMILES string of the molecule is C/C=C\c1ccnc(CC2CNC2)c1.CNc1cc2cc(/C(N)=C/N(C)N)ccc2cn1. The number of nitrogens with one attached hydrogen (secondary N) is 2. The molecule has 7 nitrogen and oxygen atoms in total. The lowest BCUT2D eigenvalue weighted by atomic mass is 9.96. The summed E-state index contributed by atoms with van der Waals surface area (Å²) in [5.41, 5.74) is 10.0. The van der Waals surface area contributed by atoms with Crippen molar-refractivity contribution in [1.29, 1.82) is 0 Å². The monoisotopic (exact) mass is 431 g/mol. The van der Waals surface area contributed by atoms with Gasteiger partial charge in [0.25, 0.3) is 0 Å². The Morgan fingerprint density at radius 3 is 2.66 bits per heavy atom. The Labute approximate surface area is 190 Å². The van der Waals surface area contributed by atoms with Gasteiger partial charge < -0.3 is 21.4 Å². The van der Waals surface area contributed by atoms with Crippen molar-refractivity contribution in [2.75, 3.05) is 32.5 Å². The zero-order chi connectivity index (χ0) is 22.9. The number of aromatic nitrogens is 2. The number of hydrogen-bond donors (Lipinski definition) is 4. The normalized spacial score (nSPS) is 14.1. The van der Waals surface area contributed by atoms with Gasteiger partial charge in [-0.2, -0.15) is 0 Å². The molecule has 32 heavy (non-hydrogen) atoms. The third kappa shape index (κ3) is 6.54. The van der Waals surface area contributed by atoms with E-state index < -0.39 is 0 Å². The second-order valence-corrected chi connectivity index (χ2v) is 7.94. The van der Waals surface area contributed by atoms with Crippen LogP contribution in [0.4, 0.5) is 5.82 Å². The highest BCUT2D eigenvalue weighted by atomic mass is 15.4. The zero-order valence-electron chi connectivity index (χ0n) is 19.0. The van der Waals surface area contributed by atoms with Crippen molar-refractivity contribution in [2.45, 2.75) is 13.3 Å². The number of anilines is 1. The lowest BCUT2D eigenvalue weighted by Crippen LogP contribution is -2.43. The van der Waals surface area contributed by atoms with Gasteiger partial charge in [-0.3, -0.25) is 4.98 Å². The van der Waals surface area contributed by atoms with Gasteiger partial charge in [-0.25, -0.2) is 10.8 Å². The van der Waals surface area contributed by atoms with Crippen molar-refractivity contribution in [1.82, 2.24) is 20.3 Å². The van der Waals surface area contributed by atoms with Gasteiger partial charge in [0.15, 0.2) is 0 Å². The Balaban J connectivity index is 0.000000186. The maximum Gasteiger partial charge on any atom is 0.126 e. The van der Waals surface area contributed by atoms with Gasteiger partial charge in [0.1, 0.15) is 5.82 Å². The van der Waals surface area contributed by atoms with E-state index in [4.69, 9.17) is 11.6 Å². The third-order valence-corrected chi connectivity index (χ3v) is 5.22. The molecule has 4 rings (SSSR count). The van der Waals surface area contributed by atoms with E-state index in [0.717, 1.165) is 47.6 Å². The number of hydrazine groups is 1. The number of benzene rings is 1. The second-order valence-electron chi connectivity index (χ2n) is 7.94. The van der Waals surface area contributed by atoms with Crippen LogP contribution in [0.3, 0.4) is 0 Å². The van der Waals surface area contributed by atoms with Crippen LogP contribution in [0.1, 0.15) is 23.7 Å². The van der Waals surface area contributed by atoms with Crippen LogP contribution in [-0.2, 0) is 6.42 Å². The van der Waals surface area contributed by atoms with E-state index in [9.17, 15) is 0 Å². The zero-order valence-corrected chi connectivity index (χ0v) is 19.0. The molecule has 1 aromatic carbocycles. The Hall–Kier alpha value is -3.42. The van der Waals surface area contributed by atoms with E-state index in [-0.39, 0.29) is 0 Å². The number of nitrogens with two attached hydrogens (primary N) is 2. The van der Waals surface area contributed by atoms with E-state index in [2.05, 4.69) is 38.8 Å². The van der Waals surface area contributed by atoms with Crippen molar-refractivity contribution < 1.29 is 0 Å². The molecule has 0 radical (unpaired) electrons. The minimum atomic E-state index is 0.629. The predicted octanol–water partition coefficient (Wildman–Crippen LogP) is 3.22. The predicted molar refractivity (Wildman–Crippen MR) is 134 cm³/mol. The fourth-order valence-electron chi connectivity index (χ4n) is 3.44. The summed E-state index contributed by atoms with van der Waals surface area (Å²) in [6.07, 6.45) is 10.7. The lowest BCUT2D eigenvalue weighted by molar-refractivity contribution is 0.344. The number of pyridine rings is 2. The molecule has 0 unspecified atom stereocenters. The van der Waals surface area contributed by atoms with Gasteiger partial charge >= 0.3 is 0 Å². The maximum atomic E-state index is 5.97. The molecule has 7 heteroatoms. The largest absolute Gasteiger partial charge is 0.397 e. The quantitative estimate of drug-likeness (QED) is 0.351. The molecule has 0 amide bonds. The first-order chi connectivity index (χ1) is 15.5. The molecule has 3 heterocycles. The molecule has 0 saturated carbocycles. The molecule has 0 aliphatic carbocycles. The number of rotatable bonds is 6. The van der Waals surface area contributed by atoms with Gasteiger partial charge in [-0.15, -0.1) is 0 Å². The van der Waals surface area contributed by atoms with Crippen molar-refractivity contribution in [3.8, 4) is 0 Å². The van der Waals surface area contributed by atoms with Crippen LogP contribution >= 0.6 is 0 Å². The molecule has 168 valence electrons. The Morgan fingerprint density at radius 1 is 1.19 bits per heavy atom. The second kappa shape index (κ2) is 11.3. The van der Waals surface area contributed by atoms with Gasteiger partial charge in [0, 0.05) is 43.8 Å². The highest BCUT2D eigenvalue weighted by Gasteiger charge is 2.17. The van der Waals surface area contributed by atoms with Crippen LogP contribution in [0.5, 0.6) is 0 Å². The fourth-order valence-corrected chi connectivity index (χ4v) is 3.44. The summed E-state index contributed by atoms with van der Waals surface area (Å²) in [5.74, 6) is 7.17. The van der Waals surface area contributed by atoms with E-state index in [1.54, 1.807) is 13.2 Å². The first-order valence-corrected chi connectivity index (χ1v) is 10.8. The highest BCUT2D eigenvalue weighted by Crippen LogP contribution is 2.20. The van der Waals surface area contributed by atoms with E-state index >= 15 is 0 Å². The van der Waals surface area contributed by atoms with Crippen molar-refractivity contribution in [2.24, 2.45) is 17.5 Å². The van der Waals surface area contributed by atoms with Gasteiger partial charge in [0.2, 0.25) is 0 Å². The average Bonchev–Trinajstić information content (AvgIpc) is 2.76. The molecule has 1 aliphatic heterocycles. The van der Waals surface area contributed by atoms with Gasteiger partial charge in [0.05, 0.1) is 5.70 Å². The van der Waals surface area contributed by atoms with E-state index in [1.165, 1.54) is 16.3 Å². The van der Waals surface area contributed by atoms with Crippen LogP contribution < -0.4 is 22.2 Å². The number of hydrogen-bond acceptors (Lipinski definition) is 7. The number of nitrogens with zero attached hydrogens (tertiary/aromatic N) is 3. The molecule has 2 aromatic heterocycles. The summed E-state index contributed by atoms with van der Waals surface area (Å²) in [6, 6.07) is 12.2. The summed E-state index contributed by atoms with van der Waals surface area (Å²) < 4.78 is 0. The average molecular weight is 432 g/mol. The molecule has 1 saturated heterocycles. The molecule has 1 aliphatic rings. The van der Waals surface area contributed by atoms with Crippen LogP contribution in [0.2, 0.25) is 0 Å². The minimum Gasteiger partial charge on any atom is -0.397 e. The molecular formula is C25H33N7. The standard InChI is InChI=1S/C13H17N5.C12H16N2/c1-16-13-6-11-5-9(12(14)8-18(2)15)3-4-10(11)7-17-13;1-2-3-10-4-5-14-12(6-10)7-11-8-13-9-11/h3-8H,14-15H2,1-2H3,(H,16,17);2-6,11,13H,7-9H2,1H3/b12-8-;3-2-. The Bertz CT molecular complexity index is 1080. The van der Waals surface area contributed by atoms with Crippen LogP contribution in [-0.4, -0.2) is 42.2 Å². The fraction of sp³-hybridized carbons (Fsp3) is 0.280. The first kappa shape index (κ1) is 23.2. The van der Waals surface area contributed by atoms with E-state index in [1.807, 2.05) is 56.7 Å². The molecular weight excluding hydrogens is 398 g/mol. The third-order valence-electron chi connectivity index (χ3n) is 5.22. The summed E-state index contributed by atoms with van der Waals surface area (Å²) in [5, 5.41) is 9.89. The minimum absolute atomic E-state index is 0.629. The summed E-state index contributed by atoms with van der Waals surface area (Å²) in [6.45, 7) is 4.33. The molecule has 1 fully saturated rings. The highest BCUT2D eigenvalue weighted by molar-refractivity contribution is 5.87. The Morgan fingerprint density at radius 2 is 2.00 bits per heavy atom. The summed E-state index contributed by atoms with van der Waals surface area (Å²) >= 11 is 0. The molecule has 0 bridgehead atoms. The topological polar surface area (TPSA) is 105 Å². The van der Waals surface area contributed by atoms with Crippen LogP contribution in [0, 0.1) is 5.92 Å². The van der Waals surface area contributed by atoms with Crippen molar-refractivity contribution in [3.05, 3.63) is 77.9 Å². The summed E-state index contributed by atoms with van der Waals surface area (Å²) in [4.78, 5) is 8.64. The van der Waals surface area contributed by atoms with Gasteiger partial charge in [-0.05, 0) is 73.1 Å². The van der Waals surface area contributed by atoms with Gasteiger partial charge in [-0.1, -0.05) is 24.3 Å². The summed E-state index contributed by atoms with van der Waals surface area (Å²) in [7, 11) is 3.58. The van der Waals surface area contributed by atoms with Crippen molar-refractivity contribution in [3.63, 3.8) is 0 Å². The Kier molecular flexibility index (Phi) is 8.19. The first-order valence-electron chi connectivity index (χ1n) is 10.8. The smallest absolute Gasteiger partial charge is 0.126 e. The number of allylic oxidation sites excluding steroid dienone is 1. The van der Waals surface area contributed by atoms with E-state index in [0.29, 0.717) is 5.70 Å². The molecule has 3 aromatic rings. The van der Waals surface area contributed by atoms with Crippen LogP contribution in [0.25, 0.3) is 22.5 Å². The molecule has 6 N–H and O–H groups in total.